The van der Waals surface area contributed by atoms with E-state index in [1.807, 2.05) is 0 Å². The lowest BCUT2D eigenvalue weighted by Gasteiger charge is -2.35. The van der Waals surface area contributed by atoms with Crippen LogP contribution in [-0.4, -0.2) is 91.1 Å². The quantitative estimate of drug-likeness (QED) is 0.492. The first-order valence-corrected chi connectivity index (χ1v) is 5.76. The molecule has 3 unspecified atom stereocenters. The van der Waals surface area contributed by atoms with Gasteiger partial charge in [0.15, 0.2) is 0 Å². The van der Waals surface area contributed by atoms with E-state index < -0.39 is 0 Å². The van der Waals surface area contributed by atoms with Crippen LogP contribution in [0.25, 0.3) is 0 Å². The van der Waals surface area contributed by atoms with Gasteiger partial charge in [-0.25, -0.2) is 0 Å². The maximum atomic E-state index is 2.62. The lowest BCUT2D eigenvalue weighted by atomic mass is 10.2. The van der Waals surface area contributed by atoms with Crippen LogP contribution < -0.4 is 12.4 Å². The van der Waals surface area contributed by atoms with E-state index in [0.29, 0.717) is 0 Å². The standard InChI is InChI=1S/C10H21N5.ClH/c1-11(2)5-14-7-12-3-10-4-13(6-12)8-15(10)9-14;/h10H,3-9H2,1-2H3;1H/p-1. The summed E-state index contributed by atoms with van der Waals surface area (Å²) in [4.78, 5) is 12.5. The highest BCUT2D eigenvalue weighted by Crippen LogP contribution is 2.23. The second-order valence-electron chi connectivity index (χ2n) is 5.41. The molecule has 0 aromatic heterocycles. The SMILES string of the molecule is CN(C)CN1CN2CC3CN(C2)CN3C1.[Cl-]. The smallest absolute Gasteiger partial charge is 0.0546 e. The van der Waals surface area contributed by atoms with Crippen molar-refractivity contribution in [3.05, 3.63) is 0 Å². The Morgan fingerprint density at radius 2 is 1.69 bits per heavy atom. The van der Waals surface area contributed by atoms with Gasteiger partial charge in [-0.15, -0.1) is 0 Å². The average molecular weight is 247 g/mol. The summed E-state index contributed by atoms with van der Waals surface area (Å²) in [5.41, 5.74) is 0. The van der Waals surface area contributed by atoms with Crippen molar-refractivity contribution >= 4 is 0 Å². The lowest BCUT2D eigenvalue weighted by Crippen LogP contribution is -3.00. The normalized spacial score (nSPS) is 38.8. The van der Waals surface area contributed by atoms with E-state index in [2.05, 4.69) is 38.6 Å². The molecule has 0 amide bonds. The van der Waals surface area contributed by atoms with Crippen molar-refractivity contribution in [2.24, 2.45) is 0 Å². The van der Waals surface area contributed by atoms with E-state index in [9.17, 15) is 0 Å². The highest BCUT2D eigenvalue weighted by Gasteiger charge is 2.40. The summed E-state index contributed by atoms with van der Waals surface area (Å²) in [6.07, 6.45) is 0. The van der Waals surface area contributed by atoms with Crippen LogP contribution in [0.5, 0.6) is 0 Å². The van der Waals surface area contributed by atoms with Gasteiger partial charge in [0.2, 0.25) is 0 Å². The third kappa shape index (κ3) is 2.34. The molecule has 94 valence electrons. The van der Waals surface area contributed by atoms with E-state index in [1.54, 1.807) is 0 Å². The van der Waals surface area contributed by atoms with E-state index >= 15 is 0 Å². The second kappa shape index (κ2) is 4.76. The van der Waals surface area contributed by atoms with Crippen molar-refractivity contribution in [2.75, 3.05) is 60.5 Å². The van der Waals surface area contributed by atoms with Crippen LogP contribution in [0.4, 0.5) is 0 Å². The Balaban J connectivity index is 0.000000963. The molecule has 3 heterocycles. The highest BCUT2D eigenvalue weighted by atomic mass is 35.5. The predicted octanol–water partition coefficient (Wildman–Crippen LogP) is -4.04. The summed E-state index contributed by atoms with van der Waals surface area (Å²) in [5, 5.41) is 0. The molecule has 0 spiro atoms. The fraction of sp³-hybridized carbons (Fsp3) is 1.00. The zero-order valence-electron chi connectivity index (χ0n) is 10.1. The summed E-state index contributed by atoms with van der Waals surface area (Å²) in [5.74, 6) is 0. The zero-order valence-corrected chi connectivity index (χ0v) is 10.9. The average Bonchev–Trinajstić information content (AvgIpc) is 2.33. The van der Waals surface area contributed by atoms with E-state index in [0.717, 1.165) is 32.7 Å². The topological polar surface area (TPSA) is 16.2 Å². The molecule has 3 atom stereocenters. The Hall–Kier alpha value is 0.0900. The van der Waals surface area contributed by atoms with Crippen LogP contribution in [0, 0.1) is 0 Å². The summed E-state index contributed by atoms with van der Waals surface area (Å²) in [7, 11) is 4.30. The molecule has 6 heteroatoms. The molecule has 0 aliphatic carbocycles. The van der Waals surface area contributed by atoms with Crippen molar-refractivity contribution in [2.45, 2.75) is 6.04 Å². The van der Waals surface area contributed by atoms with Crippen molar-refractivity contribution in [1.29, 1.82) is 0 Å². The third-order valence-electron chi connectivity index (χ3n) is 3.50. The van der Waals surface area contributed by atoms with E-state index in [1.165, 1.54) is 19.8 Å². The second-order valence-corrected chi connectivity index (χ2v) is 5.41. The number of hydrogen-bond donors (Lipinski definition) is 0. The number of nitrogens with zero attached hydrogens (tertiary/aromatic N) is 5. The maximum Gasteiger partial charge on any atom is 0.0546 e. The summed E-state index contributed by atoms with van der Waals surface area (Å²) >= 11 is 0. The number of halogens is 1. The maximum absolute atomic E-state index is 2.62. The van der Waals surface area contributed by atoms with Gasteiger partial charge >= 0.3 is 0 Å². The predicted molar refractivity (Wildman–Crippen MR) is 58.9 cm³/mol. The van der Waals surface area contributed by atoms with Crippen LogP contribution in [-0.2, 0) is 0 Å². The van der Waals surface area contributed by atoms with E-state index in [4.69, 9.17) is 0 Å². The molecule has 3 saturated heterocycles. The number of hydrogen-bond acceptors (Lipinski definition) is 5. The van der Waals surface area contributed by atoms with Gasteiger partial charge in [-0.2, -0.15) is 0 Å². The molecule has 3 fully saturated rings. The summed E-state index contributed by atoms with van der Waals surface area (Å²) in [6, 6.07) is 0.783. The van der Waals surface area contributed by atoms with Crippen molar-refractivity contribution < 1.29 is 12.4 Å². The minimum Gasteiger partial charge on any atom is -1.00 e. The summed E-state index contributed by atoms with van der Waals surface area (Å²) < 4.78 is 0. The fourth-order valence-electron chi connectivity index (χ4n) is 3.09. The Morgan fingerprint density at radius 3 is 2.38 bits per heavy atom. The zero-order chi connectivity index (χ0) is 10.4. The first kappa shape index (κ1) is 12.5. The molecular weight excluding hydrogens is 226 g/mol. The van der Waals surface area contributed by atoms with Crippen molar-refractivity contribution in [3.63, 3.8) is 0 Å². The molecule has 0 aromatic rings. The molecule has 3 aliphatic heterocycles. The Bertz CT molecular complexity index is 247. The largest absolute Gasteiger partial charge is 1.00 e. The van der Waals surface area contributed by atoms with Crippen LogP contribution in [0.15, 0.2) is 0 Å². The van der Waals surface area contributed by atoms with Crippen molar-refractivity contribution in [3.8, 4) is 0 Å². The molecule has 0 aromatic carbocycles. The fourth-order valence-corrected chi connectivity index (χ4v) is 3.09. The molecule has 3 rings (SSSR count). The Labute approximate surface area is 104 Å². The molecule has 3 aliphatic rings. The van der Waals surface area contributed by atoms with E-state index in [-0.39, 0.29) is 12.4 Å². The Kier molecular flexibility index (Phi) is 3.73. The van der Waals surface area contributed by atoms with Gasteiger partial charge in [0.1, 0.15) is 0 Å². The van der Waals surface area contributed by atoms with Gasteiger partial charge < -0.3 is 12.4 Å². The third-order valence-corrected chi connectivity index (χ3v) is 3.50. The van der Waals surface area contributed by atoms with Crippen LogP contribution in [0.1, 0.15) is 0 Å². The number of rotatable bonds is 2. The van der Waals surface area contributed by atoms with Gasteiger partial charge in [0, 0.05) is 19.1 Å². The summed E-state index contributed by atoms with van der Waals surface area (Å²) in [6.45, 7) is 8.21. The first-order valence-electron chi connectivity index (χ1n) is 5.76. The first-order chi connectivity index (χ1) is 7.20. The number of fused-ring (bicyclic) bond motifs is 2. The van der Waals surface area contributed by atoms with Crippen LogP contribution >= 0.6 is 0 Å². The van der Waals surface area contributed by atoms with Gasteiger partial charge in [-0.1, -0.05) is 0 Å². The minimum atomic E-state index is 0. The molecule has 16 heavy (non-hydrogen) atoms. The molecule has 0 radical (unpaired) electrons. The monoisotopic (exact) mass is 246 g/mol. The molecule has 0 saturated carbocycles. The van der Waals surface area contributed by atoms with Gasteiger partial charge in [0.05, 0.1) is 33.3 Å². The molecule has 0 N–H and O–H groups in total. The highest BCUT2D eigenvalue weighted by molar-refractivity contribution is 4.91. The Morgan fingerprint density at radius 1 is 1.00 bits per heavy atom. The molecule has 3 bridgehead atoms. The van der Waals surface area contributed by atoms with Crippen molar-refractivity contribution in [1.82, 2.24) is 24.5 Å². The van der Waals surface area contributed by atoms with Crippen LogP contribution in [0.3, 0.4) is 0 Å². The molecular formula is C10H21ClN5-. The van der Waals surface area contributed by atoms with Gasteiger partial charge in [-0.3, -0.25) is 24.5 Å². The van der Waals surface area contributed by atoms with Gasteiger partial charge in [0.25, 0.3) is 0 Å². The minimum absolute atomic E-state index is 0. The molecule has 5 nitrogen and oxygen atoms in total. The van der Waals surface area contributed by atoms with Gasteiger partial charge in [-0.05, 0) is 14.1 Å². The lowest BCUT2D eigenvalue weighted by molar-refractivity contribution is -0.00000349. The van der Waals surface area contributed by atoms with Crippen LogP contribution in [0.2, 0.25) is 0 Å².